The number of fused-ring (bicyclic) bond motifs is 1. The van der Waals surface area contributed by atoms with Gasteiger partial charge in [0.25, 0.3) is 0 Å². The highest BCUT2D eigenvalue weighted by Gasteiger charge is 2.42. The molecule has 0 spiro atoms. The molecule has 160 valence electrons. The Morgan fingerprint density at radius 2 is 1.50 bits per heavy atom. The summed E-state index contributed by atoms with van der Waals surface area (Å²) >= 11 is 0. The van der Waals surface area contributed by atoms with E-state index in [1.807, 2.05) is 0 Å². The fraction of sp³-hybridized carbons (Fsp3) is 0.440. The number of benzene rings is 2. The molecule has 1 nitrogen and oxygen atoms in total. The van der Waals surface area contributed by atoms with Gasteiger partial charge >= 0.3 is 0 Å². The summed E-state index contributed by atoms with van der Waals surface area (Å²) in [6.07, 6.45) is 7.12. The van der Waals surface area contributed by atoms with Gasteiger partial charge in [0.1, 0.15) is 0 Å². The molecule has 0 saturated heterocycles. The Morgan fingerprint density at radius 3 is 2.20 bits per heavy atom. The summed E-state index contributed by atoms with van der Waals surface area (Å²) in [6.45, 7) is 3.97. The third kappa shape index (κ3) is 3.42. The van der Waals surface area contributed by atoms with Crippen molar-refractivity contribution in [2.45, 2.75) is 51.9 Å². The molecule has 3 unspecified atom stereocenters. The molecule has 0 heterocycles. The lowest BCUT2D eigenvalue weighted by Gasteiger charge is -2.22. The number of allylic oxidation sites excluding steroid dienone is 2. The fourth-order valence-electron chi connectivity index (χ4n) is 5.32. The first-order valence-corrected chi connectivity index (χ1v) is 10.8. The molecule has 5 heteroatoms. The zero-order valence-corrected chi connectivity index (χ0v) is 17.3. The van der Waals surface area contributed by atoms with Crippen LogP contribution >= 0.6 is 0 Å². The molecule has 0 aromatic heterocycles. The minimum Gasteiger partial charge on any atom is -0.491 e. The van der Waals surface area contributed by atoms with Crippen LogP contribution in [0, 0.1) is 35.1 Å². The molecule has 4 rings (SSSR count). The second-order valence-electron chi connectivity index (χ2n) is 8.22. The van der Waals surface area contributed by atoms with E-state index in [9.17, 15) is 13.2 Å². The van der Waals surface area contributed by atoms with Crippen molar-refractivity contribution in [3.63, 3.8) is 0 Å². The van der Waals surface area contributed by atoms with Crippen LogP contribution in [0.2, 0.25) is 0 Å². The molecule has 3 atom stereocenters. The SMILES string of the molecule is CCCC1=CCC2C1CCC2c1ccc(-c2ccc(OCC)c(F)c2F)c(F)c1F. The summed E-state index contributed by atoms with van der Waals surface area (Å²) in [7, 11) is 0. The summed E-state index contributed by atoms with van der Waals surface area (Å²) in [6, 6.07) is 5.38. The molecule has 2 aromatic carbocycles. The van der Waals surface area contributed by atoms with Crippen LogP contribution in [0.3, 0.4) is 0 Å². The van der Waals surface area contributed by atoms with Crippen LogP contribution in [-0.4, -0.2) is 6.61 Å². The van der Waals surface area contributed by atoms with Crippen molar-refractivity contribution in [2.75, 3.05) is 6.61 Å². The highest BCUT2D eigenvalue weighted by atomic mass is 19.2. The average Bonchev–Trinajstić information content (AvgIpc) is 3.32. The van der Waals surface area contributed by atoms with Crippen molar-refractivity contribution >= 4 is 0 Å². The lowest BCUT2D eigenvalue weighted by Crippen LogP contribution is -2.12. The van der Waals surface area contributed by atoms with Crippen LogP contribution in [0.1, 0.15) is 57.4 Å². The first-order valence-electron chi connectivity index (χ1n) is 10.8. The Labute approximate surface area is 174 Å². The van der Waals surface area contributed by atoms with Gasteiger partial charge in [0.05, 0.1) is 6.61 Å². The molecular weight excluding hydrogens is 392 g/mol. The van der Waals surface area contributed by atoms with Gasteiger partial charge in [-0.3, -0.25) is 0 Å². The molecule has 0 radical (unpaired) electrons. The van der Waals surface area contributed by atoms with Gasteiger partial charge < -0.3 is 4.74 Å². The average molecular weight is 418 g/mol. The van der Waals surface area contributed by atoms with E-state index in [0.717, 1.165) is 32.1 Å². The zero-order chi connectivity index (χ0) is 21.4. The molecule has 0 aliphatic heterocycles. The van der Waals surface area contributed by atoms with Crippen molar-refractivity contribution in [3.8, 4) is 16.9 Å². The molecule has 1 saturated carbocycles. The Balaban J connectivity index is 1.65. The highest BCUT2D eigenvalue weighted by Crippen LogP contribution is 2.53. The maximum Gasteiger partial charge on any atom is 0.201 e. The second kappa shape index (κ2) is 8.44. The van der Waals surface area contributed by atoms with Gasteiger partial charge in [0, 0.05) is 11.1 Å². The zero-order valence-electron chi connectivity index (χ0n) is 17.3. The maximum atomic E-state index is 15.1. The Morgan fingerprint density at radius 1 is 0.833 bits per heavy atom. The van der Waals surface area contributed by atoms with Crippen molar-refractivity contribution in [1.29, 1.82) is 0 Å². The van der Waals surface area contributed by atoms with E-state index in [-0.39, 0.29) is 29.4 Å². The lowest BCUT2D eigenvalue weighted by atomic mass is 9.83. The summed E-state index contributed by atoms with van der Waals surface area (Å²) in [5.41, 5.74) is 1.22. The Hall–Kier alpha value is -2.30. The van der Waals surface area contributed by atoms with Gasteiger partial charge in [0.15, 0.2) is 23.2 Å². The second-order valence-corrected chi connectivity index (χ2v) is 8.22. The Kier molecular flexibility index (Phi) is 5.90. The smallest absolute Gasteiger partial charge is 0.201 e. The summed E-state index contributed by atoms with van der Waals surface area (Å²) in [5, 5.41) is 0. The highest BCUT2D eigenvalue weighted by molar-refractivity contribution is 5.67. The van der Waals surface area contributed by atoms with Gasteiger partial charge in [-0.25, -0.2) is 13.2 Å². The van der Waals surface area contributed by atoms with Crippen LogP contribution in [0.25, 0.3) is 11.1 Å². The first-order chi connectivity index (χ1) is 14.5. The van der Waals surface area contributed by atoms with Crippen LogP contribution in [0.4, 0.5) is 17.6 Å². The van der Waals surface area contributed by atoms with E-state index >= 15 is 4.39 Å². The third-order valence-corrected chi connectivity index (χ3v) is 6.64. The predicted octanol–water partition coefficient (Wildman–Crippen LogP) is 7.55. The first kappa shape index (κ1) is 21.0. The van der Waals surface area contributed by atoms with Crippen LogP contribution in [-0.2, 0) is 0 Å². The van der Waals surface area contributed by atoms with E-state index in [4.69, 9.17) is 4.74 Å². The molecule has 1 fully saturated rings. The molecule has 0 N–H and O–H groups in total. The molecule has 0 amide bonds. The number of hydrogen-bond acceptors (Lipinski definition) is 1. The standard InChI is InChI=1S/C25H26F4O/c1-3-5-14-6-7-16-15(14)8-9-17(16)18-10-11-19(23(27)22(18)26)20-12-13-21(30-4-2)25(29)24(20)28/h6,10-13,15-17H,3-5,7-9H2,1-2H3. The summed E-state index contributed by atoms with van der Waals surface area (Å²) < 4.78 is 63.9. The number of halogens is 4. The molecule has 30 heavy (non-hydrogen) atoms. The lowest BCUT2D eigenvalue weighted by molar-refractivity contribution is 0.314. The van der Waals surface area contributed by atoms with Crippen LogP contribution in [0.15, 0.2) is 35.9 Å². The van der Waals surface area contributed by atoms with Gasteiger partial charge in [-0.15, -0.1) is 0 Å². The third-order valence-electron chi connectivity index (χ3n) is 6.64. The molecule has 0 bridgehead atoms. The molecule has 2 aromatic rings. The number of rotatable bonds is 6. The molecule has 2 aliphatic carbocycles. The normalized spacial score (nSPS) is 22.9. The van der Waals surface area contributed by atoms with E-state index in [1.54, 1.807) is 13.0 Å². The molecule has 2 aliphatic rings. The van der Waals surface area contributed by atoms with Gasteiger partial charge in [0.2, 0.25) is 5.82 Å². The van der Waals surface area contributed by atoms with E-state index in [0.29, 0.717) is 17.4 Å². The van der Waals surface area contributed by atoms with E-state index in [1.165, 1.54) is 23.8 Å². The van der Waals surface area contributed by atoms with Crippen molar-refractivity contribution < 1.29 is 22.3 Å². The number of hydrogen-bond donors (Lipinski definition) is 0. The van der Waals surface area contributed by atoms with Crippen LogP contribution < -0.4 is 4.74 Å². The minimum atomic E-state index is -1.24. The summed E-state index contributed by atoms with van der Waals surface area (Å²) in [5.74, 6) is -4.06. The minimum absolute atomic E-state index is 0.0499. The van der Waals surface area contributed by atoms with Crippen molar-refractivity contribution in [2.24, 2.45) is 11.8 Å². The maximum absolute atomic E-state index is 15.1. The fourth-order valence-corrected chi connectivity index (χ4v) is 5.32. The van der Waals surface area contributed by atoms with Crippen molar-refractivity contribution in [1.82, 2.24) is 0 Å². The van der Waals surface area contributed by atoms with Gasteiger partial charge in [-0.05, 0) is 68.1 Å². The quantitative estimate of drug-likeness (QED) is 0.348. The molecular formula is C25H26F4O. The van der Waals surface area contributed by atoms with Gasteiger partial charge in [-0.1, -0.05) is 37.1 Å². The largest absolute Gasteiger partial charge is 0.491 e. The van der Waals surface area contributed by atoms with E-state index < -0.39 is 23.3 Å². The monoisotopic (exact) mass is 418 g/mol. The van der Waals surface area contributed by atoms with E-state index in [2.05, 4.69) is 13.0 Å². The Bertz CT molecular complexity index is 982. The topological polar surface area (TPSA) is 9.23 Å². The van der Waals surface area contributed by atoms with Crippen LogP contribution in [0.5, 0.6) is 5.75 Å². The predicted molar refractivity (Wildman–Crippen MR) is 109 cm³/mol. The van der Waals surface area contributed by atoms with Gasteiger partial charge in [-0.2, -0.15) is 4.39 Å². The van der Waals surface area contributed by atoms with Crippen molar-refractivity contribution in [3.05, 3.63) is 64.7 Å². The number of ether oxygens (including phenoxy) is 1. The summed E-state index contributed by atoms with van der Waals surface area (Å²) in [4.78, 5) is 0.